The standard InChI is InChI=1S/C23H19N2.C11H8N.Ir/c1-17-14-18(2)16-21(15-17)19-8-10-20(11-9-19)23-12-13-25(24-23)22-6-4-3-5-7-22;1-2-6-10(7-3-1)11-8-4-5-9-12-11;/h3-6,8-16H,1-2H3;1-6,8-9H;/q2*-1;. The monoisotopic (exact) mass is 670 g/mol. The number of para-hydroxylation sites is 1. The fourth-order valence-corrected chi connectivity index (χ4v) is 4.19. The van der Waals surface area contributed by atoms with Crippen molar-refractivity contribution in [3.8, 4) is 39.3 Å². The number of pyridine rings is 1. The number of nitrogens with zero attached hydrogens (tertiary/aromatic N) is 3. The molecule has 189 valence electrons. The van der Waals surface area contributed by atoms with Crippen molar-refractivity contribution in [2.24, 2.45) is 0 Å². The Morgan fingerprint density at radius 3 is 1.92 bits per heavy atom. The van der Waals surface area contributed by atoms with E-state index in [0.717, 1.165) is 28.2 Å². The molecule has 38 heavy (non-hydrogen) atoms. The molecule has 0 spiro atoms. The molecule has 6 rings (SSSR count). The van der Waals surface area contributed by atoms with Gasteiger partial charge in [-0.25, -0.2) is 0 Å². The van der Waals surface area contributed by atoms with Crippen LogP contribution in [0.5, 0.6) is 0 Å². The van der Waals surface area contributed by atoms with Crippen molar-refractivity contribution in [3.63, 3.8) is 0 Å². The van der Waals surface area contributed by atoms with Crippen molar-refractivity contribution in [2.45, 2.75) is 13.8 Å². The van der Waals surface area contributed by atoms with E-state index < -0.39 is 0 Å². The Kier molecular flexibility index (Phi) is 9.16. The minimum atomic E-state index is 0. The number of hydrogen-bond acceptors (Lipinski definition) is 2. The zero-order chi connectivity index (χ0) is 25.5. The smallest absolute Gasteiger partial charge is 0.0926 e. The topological polar surface area (TPSA) is 30.7 Å². The van der Waals surface area contributed by atoms with Gasteiger partial charge in [0.25, 0.3) is 0 Å². The first kappa shape index (κ1) is 26.9. The predicted octanol–water partition coefficient (Wildman–Crippen LogP) is 8.17. The second kappa shape index (κ2) is 12.9. The van der Waals surface area contributed by atoms with Gasteiger partial charge in [-0.15, -0.1) is 42.0 Å². The molecule has 0 unspecified atom stereocenters. The van der Waals surface area contributed by atoms with Gasteiger partial charge in [0.05, 0.1) is 5.69 Å². The van der Waals surface area contributed by atoms with Crippen molar-refractivity contribution in [1.29, 1.82) is 0 Å². The Balaban J connectivity index is 0.000000218. The van der Waals surface area contributed by atoms with E-state index >= 15 is 0 Å². The number of benzene rings is 4. The van der Waals surface area contributed by atoms with Crippen LogP contribution < -0.4 is 0 Å². The predicted molar refractivity (Wildman–Crippen MR) is 151 cm³/mol. The normalized spacial score (nSPS) is 10.2. The van der Waals surface area contributed by atoms with Gasteiger partial charge in [0.1, 0.15) is 0 Å². The summed E-state index contributed by atoms with van der Waals surface area (Å²) in [5.41, 5.74) is 10.1. The fraction of sp³-hybridized carbons (Fsp3) is 0.0588. The third kappa shape index (κ3) is 6.80. The Labute approximate surface area is 238 Å². The van der Waals surface area contributed by atoms with Crippen molar-refractivity contribution >= 4 is 0 Å². The summed E-state index contributed by atoms with van der Waals surface area (Å²) < 4.78 is 1.85. The van der Waals surface area contributed by atoms with Crippen molar-refractivity contribution in [3.05, 3.63) is 151 Å². The number of aromatic nitrogens is 3. The molecule has 2 heterocycles. The van der Waals surface area contributed by atoms with Crippen molar-refractivity contribution in [2.75, 3.05) is 0 Å². The molecule has 0 amide bonds. The van der Waals surface area contributed by atoms with Crippen LogP contribution in [0.25, 0.3) is 39.3 Å². The molecule has 0 saturated carbocycles. The van der Waals surface area contributed by atoms with Crippen molar-refractivity contribution in [1.82, 2.24) is 14.8 Å². The van der Waals surface area contributed by atoms with Gasteiger partial charge < -0.3 is 4.98 Å². The summed E-state index contributed by atoms with van der Waals surface area (Å²) in [5.74, 6) is 0. The van der Waals surface area contributed by atoms with E-state index in [9.17, 15) is 0 Å². The maximum absolute atomic E-state index is 4.67. The molecule has 0 fully saturated rings. The largest absolute Gasteiger partial charge is 0.305 e. The molecular formula is C34H27IrN3-2. The van der Waals surface area contributed by atoms with Crippen LogP contribution in [0.15, 0.2) is 128 Å². The Hall–Kier alpha value is -4.11. The molecule has 0 atom stereocenters. The molecule has 0 aliphatic rings. The van der Waals surface area contributed by atoms with E-state index in [4.69, 9.17) is 0 Å². The Morgan fingerprint density at radius 2 is 1.29 bits per heavy atom. The van der Waals surface area contributed by atoms with Gasteiger partial charge in [-0.2, -0.15) is 29.4 Å². The Morgan fingerprint density at radius 1 is 0.605 bits per heavy atom. The molecule has 1 radical (unpaired) electrons. The van der Waals surface area contributed by atoms with E-state index in [1.807, 2.05) is 83.7 Å². The maximum Gasteiger partial charge on any atom is 0.0926 e. The van der Waals surface area contributed by atoms with Gasteiger partial charge in [0.2, 0.25) is 0 Å². The molecule has 4 heteroatoms. The van der Waals surface area contributed by atoms with E-state index in [2.05, 4.69) is 78.5 Å². The fourth-order valence-electron chi connectivity index (χ4n) is 4.19. The quantitative estimate of drug-likeness (QED) is 0.177. The van der Waals surface area contributed by atoms with Crippen LogP contribution in [0, 0.1) is 26.0 Å². The van der Waals surface area contributed by atoms with E-state index in [1.54, 1.807) is 6.20 Å². The van der Waals surface area contributed by atoms with E-state index in [0.29, 0.717) is 0 Å². The minimum Gasteiger partial charge on any atom is -0.305 e. The molecule has 0 aliphatic carbocycles. The second-order valence-electron chi connectivity index (χ2n) is 8.84. The van der Waals surface area contributed by atoms with Crippen LogP contribution in [-0.4, -0.2) is 14.8 Å². The maximum atomic E-state index is 4.67. The molecule has 6 aromatic rings. The first-order valence-corrected chi connectivity index (χ1v) is 12.3. The molecule has 3 nitrogen and oxygen atoms in total. The van der Waals surface area contributed by atoms with Gasteiger partial charge in [-0.3, -0.25) is 4.68 Å². The minimum absolute atomic E-state index is 0. The van der Waals surface area contributed by atoms with Crippen LogP contribution in [0.3, 0.4) is 0 Å². The third-order valence-corrected chi connectivity index (χ3v) is 5.91. The van der Waals surface area contributed by atoms with E-state index in [-0.39, 0.29) is 20.1 Å². The summed E-state index contributed by atoms with van der Waals surface area (Å²) in [5, 5.41) is 4.67. The first-order valence-electron chi connectivity index (χ1n) is 12.3. The van der Waals surface area contributed by atoms with Crippen LogP contribution in [0.2, 0.25) is 0 Å². The number of hydrogen-bond donors (Lipinski definition) is 0. The average Bonchev–Trinajstić information content (AvgIpc) is 3.45. The summed E-state index contributed by atoms with van der Waals surface area (Å²) in [6.07, 6.45) is 3.76. The zero-order valence-electron chi connectivity index (χ0n) is 21.3. The summed E-state index contributed by atoms with van der Waals surface area (Å²) in [6, 6.07) is 45.1. The molecule has 0 N–H and O–H groups in total. The van der Waals surface area contributed by atoms with Gasteiger partial charge in [-0.05, 0) is 48.5 Å². The van der Waals surface area contributed by atoms with Crippen LogP contribution in [0.4, 0.5) is 0 Å². The van der Waals surface area contributed by atoms with Gasteiger partial charge in [0, 0.05) is 38.1 Å². The summed E-state index contributed by atoms with van der Waals surface area (Å²) in [6.45, 7) is 4.27. The Bertz CT molecular complexity index is 1500. The summed E-state index contributed by atoms with van der Waals surface area (Å²) in [4.78, 5) is 4.22. The summed E-state index contributed by atoms with van der Waals surface area (Å²) >= 11 is 0. The molecule has 4 aromatic carbocycles. The number of rotatable bonds is 4. The molecule has 2 aromatic heterocycles. The van der Waals surface area contributed by atoms with Gasteiger partial charge in [-0.1, -0.05) is 65.7 Å². The van der Waals surface area contributed by atoms with Gasteiger partial charge >= 0.3 is 0 Å². The summed E-state index contributed by atoms with van der Waals surface area (Å²) in [7, 11) is 0. The van der Waals surface area contributed by atoms with Crippen molar-refractivity contribution < 1.29 is 20.1 Å². The van der Waals surface area contributed by atoms with Crippen LogP contribution >= 0.6 is 0 Å². The SMILES string of the molecule is Cc1cc(C)cc(-c2ccc(-c3ccn(-c4[c-]cccc4)n3)cc2)c1.[Ir].[c-]1ccccc1-c1ccccn1. The van der Waals surface area contributed by atoms with Crippen LogP contribution in [0.1, 0.15) is 11.1 Å². The number of aryl methyl sites for hydroxylation is 2. The van der Waals surface area contributed by atoms with Gasteiger partial charge in [0.15, 0.2) is 0 Å². The average molecular weight is 670 g/mol. The van der Waals surface area contributed by atoms with E-state index in [1.165, 1.54) is 22.3 Å². The molecule has 0 bridgehead atoms. The molecular weight excluding hydrogens is 643 g/mol. The third-order valence-electron chi connectivity index (χ3n) is 5.91. The first-order chi connectivity index (χ1) is 18.2. The van der Waals surface area contributed by atoms with Crippen LogP contribution in [-0.2, 0) is 20.1 Å². The zero-order valence-corrected chi connectivity index (χ0v) is 23.7. The molecule has 0 saturated heterocycles. The second-order valence-corrected chi connectivity index (χ2v) is 8.84. The molecule has 0 aliphatic heterocycles.